The molecule has 1 aromatic rings. The number of carbonyl (C=O) groups excluding carboxylic acids is 2. The maximum Gasteiger partial charge on any atom is 0.243 e. The predicted octanol–water partition coefficient (Wildman–Crippen LogP) is 1.87. The van der Waals surface area contributed by atoms with E-state index in [1.54, 1.807) is 39.5 Å². The summed E-state index contributed by atoms with van der Waals surface area (Å²) in [5.74, 6) is -0.296. The number of nitrogens with zero attached hydrogens (tertiary/aromatic N) is 3. The summed E-state index contributed by atoms with van der Waals surface area (Å²) in [5, 5.41) is 0. The van der Waals surface area contributed by atoms with Crippen molar-refractivity contribution in [2.75, 3.05) is 26.2 Å². The summed E-state index contributed by atoms with van der Waals surface area (Å²) < 4.78 is 28.2. The molecule has 2 saturated heterocycles. The molecule has 162 valence electrons. The van der Waals surface area contributed by atoms with Gasteiger partial charge in [0.05, 0.1) is 10.8 Å². The predicted molar refractivity (Wildman–Crippen MR) is 113 cm³/mol. The van der Waals surface area contributed by atoms with Crippen molar-refractivity contribution in [1.29, 1.82) is 0 Å². The Hall–Kier alpha value is -2.19. The average Bonchev–Trinajstić information content (AvgIpc) is 3.51. The Balaban J connectivity index is 1.40. The molecule has 0 aromatic heterocycles. The summed E-state index contributed by atoms with van der Waals surface area (Å²) in [5.41, 5.74) is 0. The highest BCUT2D eigenvalue weighted by atomic mass is 32.2. The van der Waals surface area contributed by atoms with E-state index >= 15 is 0 Å². The van der Waals surface area contributed by atoms with Crippen molar-refractivity contribution in [2.45, 2.75) is 49.1 Å². The second-order valence-electron chi connectivity index (χ2n) is 8.42. The van der Waals surface area contributed by atoms with Crippen molar-refractivity contribution < 1.29 is 18.0 Å². The molecule has 0 radical (unpaired) electrons. The molecule has 0 N–H and O–H groups in total. The third-order valence-corrected chi connectivity index (χ3v) is 8.29. The fourth-order valence-corrected chi connectivity index (χ4v) is 6.55. The van der Waals surface area contributed by atoms with Crippen molar-refractivity contribution >= 4 is 21.8 Å². The van der Waals surface area contributed by atoms with E-state index < -0.39 is 10.0 Å². The minimum atomic E-state index is -3.54. The number of sulfonamides is 1. The van der Waals surface area contributed by atoms with Gasteiger partial charge in [-0.3, -0.25) is 9.59 Å². The van der Waals surface area contributed by atoms with Crippen LogP contribution in [0.15, 0.2) is 47.9 Å². The lowest BCUT2D eigenvalue weighted by molar-refractivity contribution is -0.137. The van der Waals surface area contributed by atoms with Crippen molar-refractivity contribution in [3.8, 4) is 0 Å². The molecule has 8 heteroatoms. The van der Waals surface area contributed by atoms with Crippen LogP contribution in [0.25, 0.3) is 0 Å². The van der Waals surface area contributed by atoms with E-state index in [0.29, 0.717) is 43.9 Å². The fraction of sp³-hybridized carbons (Fsp3) is 0.545. The first-order valence-electron chi connectivity index (χ1n) is 10.7. The van der Waals surface area contributed by atoms with E-state index in [9.17, 15) is 18.0 Å². The third kappa shape index (κ3) is 4.16. The van der Waals surface area contributed by atoms with Crippen LogP contribution in [0.3, 0.4) is 0 Å². The van der Waals surface area contributed by atoms with E-state index in [2.05, 4.69) is 6.58 Å². The van der Waals surface area contributed by atoms with Gasteiger partial charge in [0.25, 0.3) is 0 Å². The Morgan fingerprint density at radius 3 is 2.33 bits per heavy atom. The average molecular weight is 432 g/mol. The maximum atomic E-state index is 13.3. The van der Waals surface area contributed by atoms with Crippen LogP contribution in [-0.2, 0) is 19.6 Å². The molecule has 30 heavy (non-hydrogen) atoms. The number of likely N-dealkylation sites (tertiary alicyclic amines) is 2. The minimum absolute atomic E-state index is 0.00278. The van der Waals surface area contributed by atoms with Crippen LogP contribution in [0.2, 0.25) is 0 Å². The van der Waals surface area contributed by atoms with Gasteiger partial charge in [-0.25, -0.2) is 8.42 Å². The van der Waals surface area contributed by atoms with Crippen LogP contribution in [0.1, 0.15) is 32.1 Å². The Bertz CT molecular complexity index is 906. The molecule has 4 rings (SSSR count). The lowest BCUT2D eigenvalue weighted by Gasteiger charge is -2.38. The molecule has 0 spiro atoms. The molecule has 1 atom stereocenters. The van der Waals surface area contributed by atoms with Crippen LogP contribution in [-0.4, -0.2) is 72.6 Å². The van der Waals surface area contributed by atoms with E-state index in [-0.39, 0.29) is 36.2 Å². The lowest BCUT2D eigenvalue weighted by atomic mass is 10.0. The third-order valence-electron chi connectivity index (χ3n) is 6.27. The molecular weight excluding hydrogens is 402 g/mol. The molecule has 2 heterocycles. The minimum Gasteiger partial charge on any atom is -0.342 e. The second-order valence-corrected chi connectivity index (χ2v) is 10.3. The topological polar surface area (TPSA) is 78.0 Å². The summed E-state index contributed by atoms with van der Waals surface area (Å²) in [4.78, 5) is 28.8. The van der Waals surface area contributed by atoms with Gasteiger partial charge in [-0.05, 0) is 37.8 Å². The maximum absolute atomic E-state index is 13.3. The molecule has 3 aliphatic rings. The molecule has 1 aliphatic carbocycles. The smallest absolute Gasteiger partial charge is 0.243 e. The summed E-state index contributed by atoms with van der Waals surface area (Å²) in [7, 11) is -3.54. The first-order chi connectivity index (χ1) is 14.4. The highest BCUT2D eigenvalue weighted by molar-refractivity contribution is 7.89. The highest BCUT2D eigenvalue weighted by Gasteiger charge is 2.44. The van der Waals surface area contributed by atoms with Gasteiger partial charge in [0.2, 0.25) is 21.8 Å². The molecule has 3 fully saturated rings. The number of benzene rings is 1. The van der Waals surface area contributed by atoms with E-state index in [4.69, 9.17) is 0 Å². The monoisotopic (exact) mass is 431 g/mol. The van der Waals surface area contributed by atoms with Gasteiger partial charge in [0.1, 0.15) is 0 Å². The van der Waals surface area contributed by atoms with Gasteiger partial charge in [0, 0.05) is 44.7 Å². The summed E-state index contributed by atoms with van der Waals surface area (Å²) in [6.07, 6.45) is 4.98. The molecule has 1 saturated carbocycles. The number of amides is 2. The molecule has 0 bridgehead atoms. The Kier molecular flexibility index (Phi) is 5.97. The normalized spacial score (nSPS) is 23.2. The zero-order valence-electron chi connectivity index (χ0n) is 17.2. The lowest BCUT2D eigenvalue weighted by Crippen LogP contribution is -2.50. The van der Waals surface area contributed by atoms with Crippen molar-refractivity contribution in [3.63, 3.8) is 0 Å². The molecule has 2 amide bonds. The van der Waals surface area contributed by atoms with Crippen LogP contribution in [0, 0.1) is 5.92 Å². The number of carbonyl (C=O) groups is 2. The molecule has 2 aliphatic heterocycles. The fourth-order valence-electron chi connectivity index (χ4n) is 4.60. The van der Waals surface area contributed by atoms with Crippen LogP contribution >= 0.6 is 0 Å². The van der Waals surface area contributed by atoms with Crippen LogP contribution in [0.4, 0.5) is 0 Å². The summed E-state index contributed by atoms with van der Waals surface area (Å²) in [6, 6.07) is 8.59. The van der Waals surface area contributed by atoms with Crippen molar-refractivity contribution in [2.24, 2.45) is 5.92 Å². The quantitative estimate of drug-likeness (QED) is 0.618. The second kappa shape index (κ2) is 8.51. The molecule has 1 unspecified atom stereocenters. The van der Waals surface area contributed by atoms with Crippen LogP contribution in [0.5, 0.6) is 0 Å². The van der Waals surface area contributed by atoms with Gasteiger partial charge in [-0.1, -0.05) is 24.3 Å². The SMILES string of the molecule is C=CCN1CC(C(=O)N2CCC(N(C3CC3)S(=O)(=O)c3ccccc3)CC2)CC1=O. The molecular formula is C22H29N3O4S. The first kappa shape index (κ1) is 21.1. The molecule has 1 aromatic carbocycles. The number of hydrogen-bond acceptors (Lipinski definition) is 4. The summed E-state index contributed by atoms with van der Waals surface area (Å²) >= 11 is 0. The standard InChI is InChI=1S/C22H29N3O4S/c1-2-12-24-16-17(15-21(24)26)22(27)23-13-10-19(11-14-23)25(18-8-9-18)30(28,29)20-6-4-3-5-7-20/h2-7,17-19H,1,8-16H2. The van der Waals surface area contributed by atoms with Gasteiger partial charge in [0.15, 0.2) is 0 Å². The Labute approximate surface area is 178 Å². The van der Waals surface area contributed by atoms with Crippen LogP contribution < -0.4 is 0 Å². The Morgan fingerprint density at radius 2 is 1.73 bits per heavy atom. The highest BCUT2D eigenvalue weighted by Crippen LogP contribution is 2.37. The van der Waals surface area contributed by atoms with Crippen molar-refractivity contribution in [3.05, 3.63) is 43.0 Å². The summed E-state index contributed by atoms with van der Waals surface area (Å²) in [6.45, 7) is 5.64. The Morgan fingerprint density at radius 1 is 1.10 bits per heavy atom. The van der Waals surface area contributed by atoms with E-state index in [1.807, 2.05) is 11.0 Å². The van der Waals surface area contributed by atoms with Crippen molar-refractivity contribution in [1.82, 2.24) is 14.1 Å². The van der Waals surface area contributed by atoms with E-state index in [0.717, 1.165) is 12.8 Å². The van der Waals surface area contributed by atoms with Gasteiger partial charge >= 0.3 is 0 Å². The zero-order valence-corrected chi connectivity index (χ0v) is 18.0. The molecule has 7 nitrogen and oxygen atoms in total. The number of hydrogen-bond donors (Lipinski definition) is 0. The largest absolute Gasteiger partial charge is 0.342 e. The number of rotatable bonds is 7. The van der Waals surface area contributed by atoms with E-state index in [1.165, 1.54) is 0 Å². The first-order valence-corrected chi connectivity index (χ1v) is 12.1. The number of piperidine rings is 1. The van der Waals surface area contributed by atoms with Gasteiger partial charge in [-0.15, -0.1) is 6.58 Å². The van der Waals surface area contributed by atoms with Gasteiger partial charge < -0.3 is 9.80 Å². The zero-order chi connectivity index (χ0) is 21.3. The van der Waals surface area contributed by atoms with Gasteiger partial charge in [-0.2, -0.15) is 4.31 Å².